The van der Waals surface area contributed by atoms with E-state index in [-0.39, 0.29) is 11.9 Å². The summed E-state index contributed by atoms with van der Waals surface area (Å²) >= 11 is 0. The Morgan fingerprint density at radius 2 is 2.18 bits per heavy atom. The highest BCUT2D eigenvalue weighted by molar-refractivity contribution is 5.72. The first kappa shape index (κ1) is 10.4. The van der Waals surface area contributed by atoms with Gasteiger partial charge in [0.05, 0.1) is 0 Å². The molecule has 1 amide bonds. The molecule has 1 unspecified atom stereocenters. The number of nitrogens with one attached hydrogen (secondary N) is 1. The molecule has 3 N–H and O–H groups in total. The van der Waals surface area contributed by atoms with Gasteiger partial charge in [-0.15, -0.1) is 0 Å². The number of nitrogens with two attached hydrogens (primary N) is 1. The Hall–Kier alpha value is -0.570. The number of hydrogen-bond acceptors (Lipinski definition) is 2. The molecule has 0 saturated heterocycles. The van der Waals surface area contributed by atoms with Crippen molar-refractivity contribution in [3.63, 3.8) is 0 Å². The molecular formula is C8H18N2O. The average molecular weight is 158 g/mol. The average Bonchev–Trinajstić information content (AvgIpc) is 1.87. The summed E-state index contributed by atoms with van der Waals surface area (Å²) in [4.78, 5) is 10.4. The Morgan fingerprint density at radius 1 is 1.55 bits per heavy atom. The van der Waals surface area contributed by atoms with E-state index in [1.165, 1.54) is 6.92 Å². The molecule has 0 aromatic carbocycles. The summed E-state index contributed by atoms with van der Waals surface area (Å²) in [5.41, 5.74) is 5.72. The molecule has 3 heteroatoms. The first-order chi connectivity index (χ1) is 5.16. The molecule has 0 aliphatic carbocycles. The maximum absolute atomic E-state index is 10.4. The van der Waals surface area contributed by atoms with Crippen LogP contribution >= 0.6 is 0 Å². The fraction of sp³-hybridized carbons (Fsp3) is 0.875. The Bertz CT molecular complexity index is 115. The lowest BCUT2D eigenvalue weighted by Crippen LogP contribution is -2.28. The second kappa shape index (κ2) is 6.16. The zero-order valence-corrected chi connectivity index (χ0v) is 7.39. The van der Waals surface area contributed by atoms with Crippen LogP contribution in [0.5, 0.6) is 0 Å². The summed E-state index contributed by atoms with van der Waals surface area (Å²) in [7, 11) is 0. The van der Waals surface area contributed by atoms with Gasteiger partial charge in [0.1, 0.15) is 0 Å². The monoisotopic (exact) mass is 158 g/mol. The van der Waals surface area contributed by atoms with Gasteiger partial charge < -0.3 is 11.1 Å². The Kier molecular flexibility index (Phi) is 5.84. The molecular weight excluding hydrogens is 140 g/mol. The maximum atomic E-state index is 10.4. The largest absolute Gasteiger partial charge is 0.356 e. The SMILES string of the molecule is CCCC(N)CCNC(C)=O. The number of hydrogen-bond donors (Lipinski definition) is 2. The molecule has 0 aliphatic rings. The van der Waals surface area contributed by atoms with Gasteiger partial charge in [0.15, 0.2) is 0 Å². The van der Waals surface area contributed by atoms with Crippen LogP contribution in [0.4, 0.5) is 0 Å². The third-order valence-electron chi connectivity index (χ3n) is 1.55. The minimum Gasteiger partial charge on any atom is -0.356 e. The molecule has 0 fully saturated rings. The van der Waals surface area contributed by atoms with E-state index in [1.807, 2.05) is 0 Å². The molecule has 0 spiro atoms. The Morgan fingerprint density at radius 3 is 2.64 bits per heavy atom. The standard InChI is InChI=1S/C8H18N2O/c1-3-4-8(9)5-6-10-7(2)11/h8H,3-6,9H2,1-2H3,(H,10,11). The predicted octanol–water partition coefficient (Wildman–Crippen LogP) is 0.640. The van der Waals surface area contributed by atoms with Crippen LogP contribution in [-0.2, 0) is 4.79 Å². The van der Waals surface area contributed by atoms with Crippen LogP contribution in [0.1, 0.15) is 33.1 Å². The lowest BCUT2D eigenvalue weighted by Gasteiger charge is -2.09. The minimum atomic E-state index is 0.0219. The second-order valence-electron chi connectivity index (χ2n) is 2.82. The van der Waals surface area contributed by atoms with Crippen LogP contribution in [0, 0.1) is 0 Å². The van der Waals surface area contributed by atoms with Crippen molar-refractivity contribution >= 4 is 5.91 Å². The van der Waals surface area contributed by atoms with E-state index in [1.54, 1.807) is 0 Å². The van der Waals surface area contributed by atoms with Gasteiger partial charge in [0, 0.05) is 19.5 Å². The molecule has 0 rings (SSSR count). The molecule has 11 heavy (non-hydrogen) atoms. The Balaban J connectivity index is 3.16. The number of amides is 1. The van der Waals surface area contributed by atoms with E-state index < -0.39 is 0 Å². The normalized spacial score (nSPS) is 12.6. The van der Waals surface area contributed by atoms with Gasteiger partial charge in [0.25, 0.3) is 0 Å². The van der Waals surface area contributed by atoms with Crippen molar-refractivity contribution in [2.45, 2.75) is 39.2 Å². The van der Waals surface area contributed by atoms with Crippen molar-refractivity contribution in [3.05, 3.63) is 0 Å². The van der Waals surface area contributed by atoms with Crippen LogP contribution in [0.3, 0.4) is 0 Å². The molecule has 0 aliphatic heterocycles. The lowest BCUT2D eigenvalue weighted by molar-refractivity contribution is -0.118. The zero-order valence-electron chi connectivity index (χ0n) is 7.39. The maximum Gasteiger partial charge on any atom is 0.216 e. The smallest absolute Gasteiger partial charge is 0.216 e. The van der Waals surface area contributed by atoms with E-state index in [0.29, 0.717) is 6.54 Å². The van der Waals surface area contributed by atoms with E-state index >= 15 is 0 Å². The number of carbonyl (C=O) groups is 1. The van der Waals surface area contributed by atoms with E-state index in [4.69, 9.17) is 5.73 Å². The second-order valence-corrected chi connectivity index (χ2v) is 2.82. The van der Waals surface area contributed by atoms with Crippen molar-refractivity contribution in [2.24, 2.45) is 5.73 Å². The van der Waals surface area contributed by atoms with Crippen molar-refractivity contribution in [3.8, 4) is 0 Å². The van der Waals surface area contributed by atoms with E-state index in [0.717, 1.165) is 19.3 Å². The molecule has 0 heterocycles. The quantitative estimate of drug-likeness (QED) is 0.617. The van der Waals surface area contributed by atoms with Gasteiger partial charge >= 0.3 is 0 Å². The summed E-state index contributed by atoms with van der Waals surface area (Å²) in [6.07, 6.45) is 3.04. The molecule has 1 atom stereocenters. The van der Waals surface area contributed by atoms with Crippen LogP contribution in [0.25, 0.3) is 0 Å². The molecule has 0 saturated carbocycles. The first-order valence-corrected chi connectivity index (χ1v) is 4.16. The minimum absolute atomic E-state index is 0.0219. The highest BCUT2D eigenvalue weighted by atomic mass is 16.1. The highest BCUT2D eigenvalue weighted by Crippen LogP contribution is 1.96. The van der Waals surface area contributed by atoms with Gasteiger partial charge in [0.2, 0.25) is 5.91 Å². The van der Waals surface area contributed by atoms with E-state index in [2.05, 4.69) is 12.2 Å². The third-order valence-corrected chi connectivity index (χ3v) is 1.55. The first-order valence-electron chi connectivity index (χ1n) is 4.16. The van der Waals surface area contributed by atoms with E-state index in [9.17, 15) is 4.79 Å². The van der Waals surface area contributed by atoms with Crippen molar-refractivity contribution in [1.82, 2.24) is 5.32 Å². The van der Waals surface area contributed by atoms with Crippen LogP contribution < -0.4 is 11.1 Å². The molecule has 3 nitrogen and oxygen atoms in total. The Labute approximate surface area is 68.3 Å². The van der Waals surface area contributed by atoms with Gasteiger partial charge in [-0.1, -0.05) is 13.3 Å². The number of carbonyl (C=O) groups excluding carboxylic acids is 1. The highest BCUT2D eigenvalue weighted by Gasteiger charge is 1.99. The van der Waals surface area contributed by atoms with Crippen molar-refractivity contribution < 1.29 is 4.79 Å². The summed E-state index contributed by atoms with van der Waals surface area (Å²) in [5.74, 6) is 0.0219. The van der Waals surface area contributed by atoms with Crippen LogP contribution in [-0.4, -0.2) is 18.5 Å². The van der Waals surface area contributed by atoms with Crippen LogP contribution in [0.15, 0.2) is 0 Å². The lowest BCUT2D eigenvalue weighted by atomic mass is 10.1. The zero-order chi connectivity index (χ0) is 8.69. The molecule has 0 radical (unpaired) electrons. The van der Waals surface area contributed by atoms with Gasteiger partial charge in [-0.25, -0.2) is 0 Å². The summed E-state index contributed by atoms with van der Waals surface area (Å²) in [6, 6.07) is 0.242. The molecule has 66 valence electrons. The van der Waals surface area contributed by atoms with Crippen molar-refractivity contribution in [1.29, 1.82) is 0 Å². The fourth-order valence-electron chi connectivity index (χ4n) is 0.949. The summed E-state index contributed by atoms with van der Waals surface area (Å²) < 4.78 is 0. The predicted molar refractivity (Wildman–Crippen MR) is 46.2 cm³/mol. The summed E-state index contributed by atoms with van der Waals surface area (Å²) in [5, 5.41) is 2.72. The number of rotatable bonds is 5. The molecule has 0 aromatic rings. The molecule has 0 bridgehead atoms. The van der Waals surface area contributed by atoms with Gasteiger partial charge in [-0.05, 0) is 12.8 Å². The third kappa shape index (κ3) is 7.33. The van der Waals surface area contributed by atoms with Crippen molar-refractivity contribution in [2.75, 3.05) is 6.54 Å². The van der Waals surface area contributed by atoms with Gasteiger partial charge in [-0.2, -0.15) is 0 Å². The topological polar surface area (TPSA) is 55.1 Å². The summed E-state index contributed by atoms with van der Waals surface area (Å²) in [6.45, 7) is 4.33. The van der Waals surface area contributed by atoms with Gasteiger partial charge in [-0.3, -0.25) is 4.79 Å². The fourth-order valence-corrected chi connectivity index (χ4v) is 0.949. The molecule has 0 aromatic heterocycles. The van der Waals surface area contributed by atoms with Crippen LogP contribution in [0.2, 0.25) is 0 Å².